The van der Waals surface area contributed by atoms with Gasteiger partial charge in [-0.3, -0.25) is 14.0 Å². The summed E-state index contributed by atoms with van der Waals surface area (Å²) >= 11 is 2.73. The summed E-state index contributed by atoms with van der Waals surface area (Å²) < 4.78 is 1.48. The van der Waals surface area contributed by atoms with Crippen LogP contribution in [0.3, 0.4) is 0 Å². The van der Waals surface area contributed by atoms with Crippen LogP contribution in [-0.2, 0) is 15.3 Å². The molecule has 1 aliphatic heterocycles. The van der Waals surface area contributed by atoms with Gasteiger partial charge in [-0.05, 0) is 12.8 Å². The molecule has 7 nitrogen and oxygen atoms in total. The molecule has 1 amide bonds. The zero-order valence-electron chi connectivity index (χ0n) is 12.2. The largest absolute Gasteiger partial charge is 0.480 e. The predicted octanol–water partition coefficient (Wildman–Crippen LogP) is 1.06. The minimum atomic E-state index is -0.946. The second-order valence-corrected chi connectivity index (χ2v) is 7.08. The molecule has 0 spiro atoms. The third kappa shape index (κ3) is 3.40. The van der Waals surface area contributed by atoms with Crippen molar-refractivity contribution in [1.29, 1.82) is 0 Å². The van der Waals surface area contributed by atoms with Gasteiger partial charge in [-0.25, -0.2) is 9.78 Å². The number of fused-ring (bicyclic) bond motifs is 1. The molecule has 0 radical (unpaired) electrons. The summed E-state index contributed by atoms with van der Waals surface area (Å²) in [4.78, 5) is 41.5. The van der Waals surface area contributed by atoms with Crippen LogP contribution in [0.2, 0.25) is 0 Å². The molecule has 3 rings (SSSR count). The minimum absolute atomic E-state index is 0.135. The van der Waals surface area contributed by atoms with Crippen molar-refractivity contribution in [3.8, 4) is 0 Å². The SMILES string of the molecule is O=C(O)[C@@H]1CCCN1C(=O)CSCc1cc(=O)n2ccsc2n1. The van der Waals surface area contributed by atoms with Gasteiger partial charge in [0.1, 0.15) is 6.04 Å². The molecule has 0 unspecified atom stereocenters. The molecular formula is C14H15N3O4S2. The summed E-state index contributed by atoms with van der Waals surface area (Å²) in [5.41, 5.74) is 0.495. The lowest BCUT2D eigenvalue weighted by Gasteiger charge is -2.21. The summed E-state index contributed by atoms with van der Waals surface area (Å²) in [6, 6.07) is 0.765. The Labute approximate surface area is 139 Å². The van der Waals surface area contributed by atoms with Crippen LogP contribution < -0.4 is 5.56 Å². The number of amides is 1. The molecule has 1 atom stereocenters. The van der Waals surface area contributed by atoms with E-state index >= 15 is 0 Å². The summed E-state index contributed by atoms with van der Waals surface area (Å²) in [6.45, 7) is 0.497. The zero-order chi connectivity index (χ0) is 16.4. The monoisotopic (exact) mass is 353 g/mol. The highest BCUT2D eigenvalue weighted by Crippen LogP contribution is 2.20. The summed E-state index contributed by atoms with van der Waals surface area (Å²) in [5.74, 6) is -0.483. The number of carbonyl (C=O) groups is 2. The van der Waals surface area contributed by atoms with E-state index in [1.54, 1.807) is 11.6 Å². The van der Waals surface area contributed by atoms with E-state index in [1.165, 1.54) is 38.5 Å². The van der Waals surface area contributed by atoms with E-state index in [-0.39, 0.29) is 17.2 Å². The molecule has 122 valence electrons. The van der Waals surface area contributed by atoms with Gasteiger partial charge in [0.25, 0.3) is 5.56 Å². The van der Waals surface area contributed by atoms with Gasteiger partial charge in [-0.1, -0.05) is 0 Å². The van der Waals surface area contributed by atoms with Gasteiger partial charge in [0.05, 0.1) is 11.4 Å². The highest BCUT2D eigenvalue weighted by Gasteiger charge is 2.33. The van der Waals surface area contributed by atoms with Gasteiger partial charge >= 0.3 is 5.97 Å². The average molecular weight is 353 g/mol. The highest BCUT2D eigenvalue weighted by molar-refractivity contribution is 7.99. The smallest absolute Gasteiger partial charge is 0.326 e. The number of carbonyl (C=O) groups excluding carboxylic acids is 1. The topological polar surface area (TPSA) is 92.0 Å². The van der Waals surface area contributed by atoms with Crippen molar-refractivity contribution in [3.05, 3.63) is 33.7 Å². The maximum Gasteiger partial charge on any atom is 0.326 e. The lowest BCUT2D eigenvalue weighted by molar-refractivity contribution is -0.147. The summed E-state index contributed by atoms with van der Waals surface area (Å²) in [5, 5.41) is 10.9. The van der Waals surface area contributed by atoms with Crippen LogP contribution in [0.5, 0.6) is 0 Å². The molecule has 3 heterocycles. The molecule has 9 heteroatoms. The molecule has 0 bridgehead atoms. The van der Waals surface area contributed by atoms with E-state index in [2.05, 4.69) is 4.98 Å². The number of hydrogen-bond acceptors (Lipinski definition) is 6. The van der Waals surface area contributed by atoms with Crippen LogP contribution in [0.15, 0.2) is 22.4 Å². The minimum Gasteiger partial charge on any atom is -0.480 e. The lowest BCUT2D eigenvalue weighted by atomic mass is 10.2. The van der Waals surface area contributed by atoms with Gasteiger partial charge in [0.15, 0.2) is 4.96 Å². The summed E-state index contributed by atoms with van der Waals surface area (Å²) in [6.07, 6.45) is 2.91. The molecule has 2 aromatic rings. The molecular weight excluding hydrogens is 338 g/mol. The molecule has 1 saturated heterocycles. The van der Waals surface area contributed by atoms with Gasteiger partial charge in [-0.15, -0.1) is 23.1 Å². The number of thioether (sulfide) groups is 1. The van der Waals surface area contributed by atoms with Crippen LogP contribution >= 0.6 is 23.1 Å². The molecule has 2 aromatic heterocycles. The van der Waals surface area contributed by atoms with Crippen molar-refractivity contribution in [2.24, 2.45) is 0 Å². The van der Waals surface area contributed by atoms with E-state index in [0.29, 0.717) is 29.4 Å². The normalized spacial score (nSPS) is 17.7. The van der Waals surface area contributed by atoms with Crippen molar-refractivity contribution < 1.29 is 14.7 Å². The Balaban J connectivity index is 1.59. The highest BCUT2D eigenvalue weighted by atomic mass is 32.2. The van der Waals surface area contributed by atoms with E-state index in [0.717, 1.165) is 6.42 Å². The Morgan fingerprint density at radius 2 is 2.30 bits per heavy atom. The maximum atomic E-state index is 12.1. The van der Waals surface area contributed by atoms with Crippen molar-refractivity contribution >= 4 is 39.9 Å². The third-order valence-electron chi connectivity index (χ3n) is 3.69. The van der Waals surface area contributed by atoms with Crippen molar-refractivity contribution in [2.45, 2.75) is 24.6 Å². The first-order valence-corrected chi connectivity index (χ1v) is 9.15. The Morgan fingerprint density at radius 1 is 1.48 bits per heavy atom. The van der Waals surface area contributed by atoms with Gasteiger partial charge < -0.3 is 10.0 Å². The van der Waals surface area contributed by atoms with E-state index in [9.17, 15) is 14.4 Å². The first-order chi connectivity index (χ1) is 11.1. The Kier molecular flexibility index (Phi) is 4.67. The molecule has 0 aliphatic carbocycles. The molecule has 0 aromatic carbocycles. The van der Waals surface area contributed by atoms with Crippen LogP contribution in [0.1, 0.15) is 18.5 Å². The quantitative estimate of drug-likeness (QED) is 0.864. The first-order valence-electron chi connectivity index (χ1n) is 7.12. The fourth-order valence-electron chi connectivity index (χ4n) is 2.61. The Morgan fingerprint density at radius 3 is 3.09 bits per heavy atom. The van der Waals surface area contributed by atoms with Crippen LogP contribution in [0, 0.1) is 0 Å². The number of likely N-dealkylation sites (tertiary alicyclic amines) is 1. The molecule has 1 N–H and O–H groups in total. The lowest BCUT2D eigenvalue weighted by Crippen LogP contribution is -2.41. The number of hydrogen-bond donors (Lipinski definition) is 1. The van der Waals surface area contributed by atoms with Gasteiger partial charge in [0, 0.05) is 29.9 Å². The molecule has 0 saturated carbocycles. The standard InChI is InChI=1S/C14H15N3O4S2/c18-11-6-9(15-14-17(11)4-5-23-14)7-22-8-12(19)16-3-1-2-10(16)13(20)21/h4-6,10H,1-3,7-8H2,(H,20,21)/t10-/m0/s1. The second kappa shape index (κ2) is 6.71. The van der Waals surface area contributed by atoms with Gasteiger partial charge in [-0.2, -0.15) is 0 Å². The molecule has 1 fully saturated rings. The zero-order valence-corrected chi connectivity index (χ0v) is 13.8. The molecule has 1 aliphatic rings. The van der Waals surface area contributed by atoms with E-state index in [1.807, 2.05) is 0 Å². The first kappa shape index (κ1) is 16.0. The molecule has 23 heavy (non-hydrogen) atoms. The Bertz CT molecular complexity index is 801. The van der Waals surface area contributed by atoms with Crippen molar-refractivity contribution in [3.63, 3.8) is 0 Å². The average Bonchev–Trinajstić information content (AvgIpc) is 3.16. The Hall–Kier alpha value is -1.87. The number of carboxylic acids is 1. The number of aliphatic carboxylic acids is 1. The van der Waals surface area contributed by atoms with E-state index in [4.69, 9.17) is 5.11 Å². The van der Waals surface area contributed by atoms with E-state index < -0.39 is 12.0 Å². The maximum absolute atomic E-state index is 12.1. The number of rotatable bonds is 5. The number of nitrogens with zero attached hydrogens (tertiary/aromatic N) is 3. The van der Waals surface area contributed by atoms with Gasteiger partial charge in [0.2, 0.25) is 5.91 Å². The summed E-state index contributed by atoms with van der Waals surface area (Å²) in [7, 11) is 0. The van der Waals surface area contributed by atoms with Crippen molar-refractivity contribution in [2.75, 3.05) is 12.3 Å². The number of thiazole rings is 1. The van der Waals surface area contributed by atoms with Crippen molar-refractivity contribution in [1.82, 2.24) is 14.3 Å². The predicted molar refractivity (Wildman–Crippen MR) is 87.9 cm³/mol. The third-order valence-corrected chi connectivity index (χ3v) is 5.40. The van der Waals surface area contributed by atoms with Crippen LogP contribution in [0.4, 0.5) is 0 Å². The van der Waals surface area contributed by atoms with Crippen LogP contribution in [-0.4, -0.2) is 49.6 Å². The fraction of sp³-hybridized carbons (Fsp3) is 0.429. The second-order valence-electron chi connectivity index (χ2n) is 5.22. The fourth-order valence-corrected chi connectivity index (χ4v) is 4.15. The number of aromatic nitrogens is 2. The number of carboxylic acid groups (broad SMARTS) is 1. The van der Waals surface area contributed by atoms with Crippen LogP contribution in [0.25, 0.3) is 4.96 Å².